The Labute approximate surface area is 124 Å². The molecule has 1 aromatic carbocycles. The van der Waals surface area contributed by atoms with Gasteiger partial charge in [-0.05, 0) is 42.5 Å². The van der Waals surface area contributed by atoms with Gasteiger partial charge in [-0.1, -0.05) is 25.1 Å². The van der Waals surface area contributed by atoms with Gasteiger partial charge in [0.05, 0.1) is 7.11 Å². The number of carbonyl (C=O) groups excluding carboxylic acids is 1. The zero-order chi connectivity index (χ0) is 15.0. The Morgan fingerprint density at radius 1 is 1.38 bits per heavy atom. The molecule has 1 aliphatic heterocycles. The normalized spacial score (nSPS) is 25.5. The molecule has 110 valence electrons. The number of carbonyl (C=O) groups is 1. The highest BCUT2D eigenvalue weighted by Crippen LogP contribution is 2.34. The fraction of sp³-hybridized carbons (Fsp3) is 0.353. The zero-order valence-electron chi connectivity index (χ0n) is 12.5. The van der Waals surface area contributed by atoms with Crippen molar-refractivity contribution in [2.24, 2.45) is 5.92 Å². The summed E-state index contributed by atoms with van der Waals surface area (Å²) in [7, 11) is 1.68. The molecule has 2 atom stereocenters. The number of cyclic esters (lactones) is 1. The van der Waals surface area contributed by atoms with Gasteiger partial charge in [0.25, 0.3) is 0 Å². The third kappa shape index (κ3) is 2.53. The molecule has 0 radical (unpaired) electrons. The molecule has 1 saturated heterocycles. The minimum atomic E-state index is -0.300. The number of allylic oxidation sites excluding steroid dienone is 1. The summed E-state index contributed by atoms with van der Waals surface area (Å²) >= 11 is 0. The van der Waals surface area contributed by atoms with E-state index < -0.39 is 0 Å². The van der Waals surface area contributed by atoms with Crippen molar-refractivity contribution in [3.8, 4) is 5.75 Å². The van der Waals surface area contributed by atoms with Crippen molar-refractivity contribution in [3.05, 3.63) is 40.6 Å². The molecule has 1 fully saturated rings. The van der Waals surface area contributed by atoms with Crippen LogP contribution < -0.4 is 10.1 Å². The second-order valence-corrected chi connectivity index (χ2v) is 5.54. The lowest BCUT2D eigenvalue weighted by Gasteiger charge is -2.20. The number of nitrogens with one attached hydrogen (secondary N) is 1. The summed E-state index contributed by atoms with van der Waals surface area (Å²) in [4.78, 5) is 11.8. The van der Waals surface area contributed by atoms with Crippen molar-refractivity contribution < 1.29 is 14.3 Å². The first-order valence-electron chi connectivity index (χ1n) is 7.15. The van der Waals surface area contributed by atoms with Gasteiger partial charge in [-0.2, -0.15) is 0 Å². The fourth-order valence-corrected chi connectivity index (χ4v) is 2.82. The van der Waals surface area contributed by atoms with E-state index in [2.05, 4.69) is 24.4 Å². The summed E-state index contributed by atoms with van der Waals surface area (Å²) in [5, 5.41) is 3.04. The van der Waals surface area contributed by atoms with E-state index in [-0.39, 0.29) is 12.2 Å². The Morgan fingerprint density at radius 3 is 2.86 bits per heavy atom. The summed E-state index contributed by atoms with van der Waals surface area (Å²) in [6.07, 6.45) is 6.83. The highest BCUT2D eigenvalue weighted by atomic mass is 16.6. The Bertz CT molecular complexity index is 646. The van der Waals surface area contributed by atoms with Crippen LogP contribution in [0.3, 0.4) is 0 Å². The van der Waals surface area contributed by atoms with Gasteiger partial charge < -0.3 is 14.8 Å². The first-order valence-corrected chi connectivity index (χ1v) is 7.15. The molecule has 4 heteroatoms. The van der Waals surface area contributed by atoms with Crippen LogP contribution in [0.15, 0.2) is 23.9 Å². The first-order chi connectivity index (χ1) is 10.1. The van der Waals surface area contributed by atoms with Crippen molar-refractivity contribution in [1.29, 1.82) is 0 Å². The monoisotopic (exact) mass is 285 g/mol. The molecule has 1 heterocycles. The molecule has 2 aliphatic rings. The van der Waals surface area contributed by atoms with Crippen LogP contribution in [-0.2, 0) is 16.0 Å². The lowest BCUT2D eigenvalue weighted by molar-refractivity contribution is -0.138. The molecule has 4 nitrogen and oxygen atoms in total. The van der Waals surface area contributed by atoms with Gasteiger partial charge in [0, 0.05) is 5.56 Å². The highest BCUT2D eigenvalue weighted by Gasteiger charge is 2.25. The predicted molar refractivity (Wildman–Crippen MR) is 81.6 cm³/mol. The molecule has 0 amide bonds. The smallest absolute Gasteiger partial charge is 0.356 e. The maximum atomic E-state index is 11.8. The molecular formula is C17H19NO3. The topological polar surface area (TPSA) is 47.6 Å². The van der Waals surface area contributed by atoms with Crippen LogP contribution in [0.4, 0.5) is 0 Å². The van der Waals surface area contributed by atoms with Crippen molar-refractivity contribution in [2.75, 3.05) is 7.11 Å². The largest absolute Gasteiger partial charge is 0.496 e. The third-order valence-electron chi connectivity index (χ3n) is 3.85. The Balaban J connectivity index is 2.06. The maximum Gasteiger partial charge on any atom is 0.356 e. The van der Waals surface area contributed by atoms with E-state index in [1.165, 1.54) is 5.56 Å². The lowest BCUT2D eigenvalue weighted by Crippen LogP contribution is -2.16. The fourth-order valence-electron chi connectivity index (χ4n) is 2.82. The van der Waals surface area contributed by atoms with E-state index in [0.717, 1.165) is 23.3 Å². The predicted octanol–water partition coefficient (Wildman–Crippen LogP) is 2.73. The molecule has 1 N–H and O–H groups in total. The van der Waals surface area contributed by atoms with Gasteiger partial charge >= 0.3 is 5.97 Å². The maximum absolute atomic E-state index is 11.8. The van der Waals surface area contributed by atoms with Crippen LogP contribution in [0.5, 0.6) is 5.75 Å². The van der Waals surface area contributed by atoms with Crippen molar-refractivity contribution >= 4 is 18.1 Å². The number of esters is 1. The number of benzene rings is 1. The van der Waals surface area contributed by atoms with Crippen LogP contribution in [0.1, 0.15) is 30.5 Å². The lowest BCUT2D eigenvalue weighted by atomic mass is 9.86. The van der Waals surface area contributed by atoms with Crippen molar-refractivity contribution in [3.63, 3.8) is 0 Å². The average Bonchev–Trinajstić information content (AvgIpc) is 2.77. The first kappa shape index (κ1) is 13.7. The molecule has 0 bridgehead atoms. The summed E-state index contributed by atoms with van der Waals surface area (Å²) < 4.78 is 10.5. The summed E-state index contributed by atoms with van der Waals surface area (Å²) in [5.41, 5.74) is 3.86. The molecule has 0 saturated carbocycles. The molecule has 21 heavy (non-hydrogen) atoms. The van der Waals surface area contributed by atoms with Crippen LogP contribution in [0.25, 0.3) is 12.2 Å². The minimum Gasteiger partial charge on any atom is -0.496 e. The molecule has 2 unspecified atom stereocenters. The van der Waals surface area contributed by atoms with Gasteiger partial charge in [0.2, 0.25) is 0 Å². The van der Waals surface area contributed by atoms with Crippen molar-refractivity contribution in [1.82, 2.24) is 5.32 Å². The second kappa shape index (κ2) is 5.28. The van der Waals surface area contributed by atoms with E-state index in [1.54, 1.807) is 7.11 Å². The number of methoxy groups -OCH3 is 1. The van der Waals surface area contributed by atoms with E-state index >= 15 is 0 Å². The molecule has 0 spiro atoms. The standard InChI is InChI=1S/C17H19NO3/c1-10-4-6-13-14(8-10)12(5-7-16(13)20-3)9-15-17(19)21-11(2)18-15/h4-7,9-11,18H,8H2,1-3H3/b15-9-. The quantitative estimate of drug-likeness (QED) is 0.670. The van der Waals surface area contributed by atoms with E-state index in [9.17, 15) is 4.79 Å². The molecule has 1 aromatic rings. The Hall–Kier alpha value is -2.23. The Morgan fingerprint density at radius 2 is 2.19 bits per heavy atom. The summed E-state index contributed by atoms with van der Waals surface area (Å²) in [5.74, 6) is 1.04. The summed E-state index contributed by atoms with van der Waals surface area (Å²) in [6.45, 7) is 3.99. The SMILES string of the molecule is COc1ccc(/C=C2\NC(C)OC2=O)c2c1C=CC(C)C2. The zero-order valence-corrected chi connectivity index (χ0v) is 12.5. The van der Waals surface area contributed by atoms with Gasteiger partial charge in [-0.3, -0.25) is 0 Å². The van der Waals surface area contributed by atoms with E-state index in [4.69, 9.17) is 9.47 Å². The Kier molecular flexibility index (Phi) is 3.45. The molecule has 3 rings (SSSR count). The van der Waals surface area contributed by atoms with Crippen LogP contribution >= 0.6 is 0 Å². The number of fused-ring (bicyclic) bond motifs is 1. The molecule has 1 aliphatic carbocycles. The minimum absolute atomic E-state index is 0.267. The van der Waals surface area contributed by atoms with Crippen molar-refractivity contribution in [2.45, 2.75) is 26.5 Å². The number of ether oxygens (including phenoxy) is 2. The summed E-state index contributed by atoms with van der Waals surface area (Å²) in [6, 6.07) is 3.93. The number of hydrogen-bond donors (Lipinski definition) is 1. The van der Waals surface area contributed by atoms with Gasteiger partial charge in [0.1, 0.15) is 11.4 Å². The molecule has 0 aromatic heterocycles. The van der Waals surface area contributed by atoms with Crippen LogP contribution in [-0.4, -0.2) is 19.3 Å². The number of hydrogen-bond acceptors (Lipinski definition) is 4. The van der Waals surface area contributed by atoms with Gasteiger partial charge in [0.15, 0.2) is 6.23 Å². The van der Waals surface area contributed by atoms with Gasteiger partial charge in [-0.15, -0.1) is 0 Å². The van der Waals surface area contributed by atoms with Crippen LogP contribution in [0, 0.1) is 5.92 Å². The number of rotatable bonds is 2. The second-order valence-electron chi connectivity index (χ2n) is 5.54. The average molecular weight is 285 g/mol. The highest BCUT2D eigenvalue weighted by molar-refractivity contribution is 5.95. The van der Waals surface area contributed by atoms with Crippen LogP contribution in [0.2, 0.25) is 0 Å². The third-order valence-corrected chi connectivity index (χ3v) is 3.85. The van der Waals surface area contributed by atoms with Gasteiger partial charge in [-0.25, -0.2) is 4.79 Å². The molecular weight excluding hydrogens is 266 g/mol. The van der Waals surface area contributed by atoms with E-state index in [0.29, 0.717) is 11.6 Å². The van der Waals surface area contributed by atoms with E-state index in [1.807, 2.05) is 25.1 Å².